The van der Waals surface area contributed by atoms with Gasteiger partial charge in [0, 0.05) is 19.1 Å². The summed E-state index contributed by atoms with van der Waals surface area (Å²) < 4.78 is 5.85. The van der Waals surface area contributed by atoms with Crippen LogP contribution in [0, 0.1) is 0 Å². The van der Waals surface area contributed by atoms with E-state index in [1.54, 1.807) is 0 Å². The summed E-state index contributed by atoms with van der Waals surface area (Å²) in [5, 5.41) is 3.52. The van der Waals surface area contributed by atoms with Crippen LogP contribution in [0.4, 0.5) is 0 Å². The second-order valence-corrected chi connectivity index (χ2v) is 5.61. The van der Waals surface area contributed by atoms with Gasteiger partial charge in [0.05, 0.1) is 0 Å². The van der Waals surface area contributed by atoms with E-state index in [1.165, 1.54) is 5.56 Å². The Morgan fingerprint density at radius 2 is 1.71 bits per heavy atom. The number of nitrogens with zero attached hydrogens (tertiary/aromatic N) is 1. The van der Waals surface area contributed by atoms with E-state index in [0.29, 0.717) is 6.04 Å². The van der Waals surface area contributed by atoms with Crippen LogP contribution in [0.1, 0.15) is 12.5 Å². The van der Waals surface area contributed by atoms with Crippen molar-refractivity contribution >= 4 is 0 Å². The number of hydrogen-bond acceptors (Lipinski definition) is 3. The second kappa shape index (κ2) is 7.81. The molecule has 1 unspecified atom stereocenters. The molecule has 0 fully saturated rings. The van der Waals surface area contributed by atoms with Crippen molar-refractivity contribution in [3.63, 3.8) is 0 Å². The number of nitrogens with one attached hydrogen (secondary N) is 1. The van der Waals surface area contributed by atoms with Gasteiger partial charge in [-0.1, -0.05) is 30.3 Å². The summed E-state index contributed by atoms with van der Waals surface area (Å²) in [6.45, 7) is 4.07. The van der Waals surface area contributed by atoms with Crippen molar-refractivity contribution in [1.29, 1.82) is 0 Å². The van der Waals surface area contributed by atoms with E-state index in [0.717, 1.165) is 24.6 Å². The van der Waals surface area contributed by atoms with Crippen LogP contribution in [0.5, 0.6) is 11.5 Å². The third kappa shape index (κ3) is 5.58. The maximum Gasteiger partial charge on any atom is 0.127 e. The van der Waals surface area contributed by atoms with Gasteiger partial charge >= 0.3 is 0 Å². The summed E-state index contributed by atoms with van der Waals surface area (Å²) in [6.07, 6.45) is 0. The topological polar surface area (TPSA) is 24.5 Å². The average molecular weight is 284 g/mol. The molecule has 2 rings (SSSR count). The minimum Gasteiger partial charge on any atom is -0.457 e. The maximum atomic E-state index is 5.85. The van der Waals surface area contributed by atoms with Gasteiger partial charge in [-0.2, -0.15) is 0 Å². The highest BCUT2D eigenvalue weighted by Gasteiger charge is 2.04. The maximum absolute atomic E-state index is 5.85. The summed E-state index contributed by atoms with van der Waals surface area (Å²) in [5.74, 6) is 1.74. The van der Waals surface area contributed by atoms with Crippen LogP contribution in [-0.4, -0.2) is 31.6 Å². The highest BCUT2D eigenvalue weighted by molar-refractivity contribution is 5.33. The first-order valence-electron chi connectivity index (χ1n) is 7.33. The summed E-state index contributed by atoms with van der Waals surface area (Å²) in [5.41, 5.74) is 1.23. The predicted molar refractivity (Wildman–Crippen MR) is 87.8 cm³/mol. The lowest BCUT2D eigenvalue weighted by atomic mass is 10.2. The fourth-order valence-electron chi connectivity index (χ4n) is 2.25. The quantitative estimate of drug-likeness (QED) is 0.842. The van der Waals surface area contributed by atoms with Crippen LogP contribution in [0.15, 0.2) is 54.6 Å². The molecule has 0 radical (unpaired) electrons. The van der Waals surface area contributed by atoms with Crippen LogP contribution in [0.2, 0.25) is 0 Å². The molecular weight excluding hydrogens is 260 g/mol. The smallest absolute Gasteiger partial charge is 0.127 e. The standard InChI is InChI=1S/C18H24N2O/c1-15(14-20(2)3)19-13-16-8-7-11-18(12-16)21-17-9-5-4-6-10-17/h4-12,15,19H,13-14H2,1-3H3. The number of ether oxygens (including phenoxy) is 1. The molecule has 0 saturated carbocycles. The van der Waals surface area contributed by atoms with Crippen molar-refractivity contribution in [2.45, 2.75) is 19.5 Å². The molecule has 3 heteroatoms. The summed E-state index contributed by atoms with van der Waals surface area (Å²) in [6, 6.07) is 18.5. The largest absolute Gasteiger partial charge is 0.457 e. The first-order valence-corrected chi connectivity index (χ1v) is 7.33. The first kappa shape index (κ1) is 15.5. The third-order valence-corrected chi connectivity index (χ3v) is 3.17. The highest BCUT2D eigenvalue weighted by Crippen LogP contribution is 2.21. The molecule has 0 spiro atoms. The Balaban J connectivity index is 1.92. The predicted octanol–water partition coefficient (Wildman–Crippen LogP) is 3.52. The number of para-hydroxylation sites is 1. The van der Waals surface area contributed by atoms with Crippen molar-refractivity contribution in [1.82, 2.24) is 10.2 Å². The second-order valence-electron chi connectivity index (χ2n) is 5.61. The van der Waals surface area contributed by atoms with Gasteiger partial charge in [0.1, 0.15) is 11.5 Å². The van der Waals surface area contributed by atoms with E-state index in [1.807, 2.05) is 42.5 Å². The molecule has 3 nitrogen and oxygen atoms in total. The summed E-state index contributed by atoms with van der Waals surface area (Å²) in [7, 11) is 4.18. The fraction of sp³-hybridized carbons (Fsp3) is 0.333. The number of hydrogen-bond donors (Lipinski definition) is 1. The minimum atomic E-state index is 0.457. The molecule has 0 bridgehead atoms. The lowest BCUT2D eigenvalue weighted by molar-refractivity contribution is 0.349. The SMILES string of the molecule is CC(CN(C)C)NCc1cccc(Oc2ccccc2)c1. The molecular formula is C18H24N2O. The van der Waals surface area contributed by atoms with Crippen LogP contribution < -0.4 is 10.1 Å². The zero-order chi connectivity index (χ0) is 15.1. The van der Waals surface area contributed by atoms with Gasteiger partial charge in [-0.15, -0.1) is 0 Å². The normalized spacial score (nSPS) is 12.4. The summed E-state index contributed by atoms with van der Waals surface area (Å²) >= 11 is 0. The Morgan fingerprint density at radius 3 is 2.43 bits per heavy atom. The molecule has 0 heterocycles. The van der Waals surface area contributed by atoms with E-state index in [9.17, 15) is 0 Å². The zero-order valence-corrected chi connectivity index (χ0v) is 13.0. The van der Waals surface area contributed by atoms with E-state index in [2.05, 4.69) is 43.4 Å². The Kier molecular flexibility index (Phi) is 5.78. The molecule has 21 heavy (non-hydrogen) atoms. The average Bonchev–Trinajstić information content (AvgIpc) is 2.46. The molecule has 0 aliphatic carbocycles. The molecule has 0 aromatic heterocycles. The molecule has 0 amide bonds. The number of rotatable bonds is 7. The van der Waals surface area contributed by atoms with Gasteiger partial charge in [0.25, 0.3) is 0 Å². The van der Waals surface area contributed by atoms with Gasteiger partial charge in [-0.05, 0) is 50.8 Å². The molecule has 2 aromatic carbocycles. The van der Waals surface area contributed by atoms with Crippen LogP contribution in [-0.2, 0) is 6.54 Å². The monoisotopic (exact) mass is 284 g/mol. The van der Waals surface area contributed by atoms with Crippen molar-refractivity contribution < 1.29 is 4.74 Å². The third-order valence-electron chi connectivity index (χ3n) is 3.17. The van der Waals surface area contributed by atoms with Crippen molar-refractivity contribution in [3.8, 4) is 11.5 Å². The minimum absolute atomic E-state index is 0.457. The first-order chi connectivity index (χ1) is 10.1. The van der Waals surface area contributed by atoms with Gasteiger partial charge in [-0.25, -0.2) is 0 Å². The molecule has 1 atom stereocenters. The Bertz CT molecular complexity index is 540. The Labute approximate surface area is 127 Å². The molecule has 0 saturated heterocycles. The number of likely N-dealkylation sites (N-methyl/N-ethyl adjacent to an activating group) is 1. The van der Waals surface area contributed by atoms with Crippen LogP contribution in [0.3, 0.4) is 0 Å². The highest BCUT2D eigenvalue weighted by atomic mass is 16.5. The number of benzene rings is 2. The van der Waals surface area contributed by atoms with Crippen molar-refractivity contribution in [2.75, 3.05) is 20.6 Å². The van der Waals surface area contributed by atoms with Gasteiger partial charge in [-0.3, -0.25) is 0 Å². The molecule has 112 valence electrons. The van der Waals surface area contributed by atoms with E-state index >= 15 is 0 Å². The lowest BCUT2D eigenvalue weighted by Gasteiger charge is -2.18. The van der Waals surface area contributed by atoms with Gasteiger partial charge < -0.3 is 15.0 Å². The molecule has 2 aromatic rings. The van der Waals surface area contributed by atoms with Gasteiger partial charge in [0.2, 0.25) is 0 Å². The van der Waals surface area contributed by atoms with Crippen LogP contribution in [0.25, 0.3) is 0 Å². The zero-order valence-electron chi connectivity index (χ0n) is 13.0. The summed E-state index contributed by atoms with van der Waals surface area (Å²) in [4.78, 5) is 2.19. The Hall–Kier alpha value is -1.84. The lowest BCUT2D eigenvalue weighted by Crippen LogP contribution is -2.35. The molecule has 1 N–H and O–H groups in total. The molecule has 0 aliphatic heterocycles. The van der Waals surface area contributed by atoms with Gasteiger partial charge in [0.15, 0.2) is 0 Å². The van der Waals surface area contributed by atoms with Crippen molar-refractivity contribution in [2.24, 2.45) is 0 Å². The van der Waals surface area contributed by atoms with Crippen molar-refractivity contribution in [3.05, 3.63) is 60.2 Å². The van der Waals surface area contributed by atoms with E-state index < -0.39 is 0 Å². The van der Waals surface area contributed by atoms with E-state index in [-0.39, 0.29) is 0 Å². The molecule has 0 aliphatic rings. The Morgan fingerprint density at radius 1 is 1.00 bits per heavy atom. The van der Waals surface area contributed by atoms with Crippen LogP contribution >= 0.6 is 0 Å². The fourth-order valence-corrected chi connectivity index (χ4v) is 2.25. The van der Waals surface area contributed by atoms with E-state index in [4.69, 9.17) is 4.74 Å².